The summed E-state index contributed by atoms with van der Waals surface area (Å²) in [5, 5.41) is 0.533. The van der Waals surface area contributed by atoms with Gasteiger partial charge in [0.15, 0.2) is 11.6 Å². The Bertz CT molecular complexity index is 560. The summed E-state index contributed by atoms with van der Waals surface area (Å²) < 4.78 is 26.6. The Balaban J connectivity index is 2.39. The SMILES string of the molecule is Nc1ccc(F)c(F)c1Sc1cccc(Cl)c1. The average molecular weight is 272 g/mol. The van der Waals surface area contributed by atoms with E-state index >= 15 is 0 Å². The first kappa shape index (κ1) is 12.2. The van der Waals surface area contributed by atoms with Gasteiger partial charge in [-0.25, -0.2) is 8.78 Å². The largest absolute Gasteiger partial charge is 0.398 e. The summed E-state index contributed by atoms with van der Waals surface area (Å²) in [6.07, 6.45) is 0. The van der Waals surface area contributed by atoms with Crippen LogP contribution >= 0.6 is 23.4 Å². The number of benzene rings is 2. The third-order valence-corrected chi connectivity index (χ3v) is 3.44. The van der Waals surface area contributed by atoms with Crippen molar-refractivity contribution in [1.29, 1.82) is 0 Å². The first-order chi connectivity index (χ1) is 8.08. The van der Waals surface area contributed by atoms with Crippen LogP contribution < -0.4 is 5.73 Å². The fraction of sp³-hybridized carbons (Fsp3) is 0. The van der Waals surface area contributed by atoms with Crippen molar-refractivity contribution in [1.82, 2.24) is 0 Å². The summed E-state index contributed by atoms with van der Waals surface area (Å²) >= 11 is 6.85. The van der Waals surface area contributed by atoms with E-state index in [-0.39, 0.29) is 10.6 Å². The minimum atomic E-state index is -0.935. The van der Waals surface area contributed by atoms with Crippen molar-refractivity contribution in [3.63, 3.8) is 0 Å². The van der Waals surface area contributed by atoms with E-state index in [0.717, 1.165) is 17.8 Å². The van der Waals surface area contributed by atoms with E-state index in [4.69, 9.17) is 17.3 Å². The van der Waals surface area contributed by atoms with Gasteiger partial charge in [0, 0.05) is 15.6 Å². The van der Waals surface area contributed by atoms with Gasteiger partial charge in [-0.2, -0.15) is 0 Å². The summed E-state index contributed by atoms with van der Waals surface area (Å²) in [6, 6.07) is 9.20. The lowest BCUT2D eigenvalue weighted by atomic mass is 10.3. The maximum atomic E-state index is 13.5. The molecule has 0 amide bonds. The van der Waals surface area contributed by atoms with Gasteiger partial charge in [0.05, 0.1) is 4.90 Å². The first-order valence-corrected chi connectivity index (χ1v) is 5.94. The first-order valence-electron chi connectivity index (χ1n) is 4.75. The Morgan fingerprint density at radius 1 is 1.12 bits per heavy atom. The zero-order valence-corrected chi connectivity index (χ0v) is 10.2. The van der Waals surface area contributed by atoms with Gasteiger partial charge in [-0.05, 0) is 30.3 Å². The van der Waals surface area contributed by atoms with Crippen LogP contribution in [0.25, 0.3) is 0 Å². The molecule has 0 atom stereocenters. The lowest BCUT2D eigenvalue weighted by molar-refractivity contribution is 0.492. The topological polar surface area (TPSA) is 26.0 Å². The van der Waals surface area contributed by atoms with Gasteiger partial charge in [-0.3, -0.25) is 0 Å². The fourth-order valence-electron chi connectivity index (χ4n) is 1.30. The van der Waals surface area contributed by atoms with Gasteiger partial charge in [-0.1, -0.05) is 29.4 Å². The second-order valence-corrected chi connectivity index (χ2v) is 4.86. The molecule has 0 radical (unpaired) electrons. The van der Waals surface area contributed by atoms with Gasteiger partial charge in [0.25, 0.3) is 0 Å². The van der Waals surface area contributed by atoms with E-state index in [1.54, 1.807) is 24.3 Å². The summed E-state index contributed by atoms with van der Waals surface area (Å²) in [6.45, 7) is 0. The molecule has 0 saturated carbocycles. The third-order valence-electron chi connectivity index (χ3n) is 2.10. The number of halogens is 3. The van der Waals surface area contributed by atoms with Crippen LogP contribution in [0.4, 0.5) is 14.5 Å². The molecule has 1 nitrogen and oxygen atoms in total. The highest BCUT2D eigenvalue weighted by Crippen LogP contribution is 2.35. The van der Waals surface area contributed by atoms with Crippen molar-refractivity contribution >= 4 is 29.1 Å². The normalized spacial score (nSPS) is 10.5. The van der Waals surface area contributed by atoms with Crippen molar-refractivity contribution < 1.29 is 8.78 Å². The Kier molecular flexibility index (Phi) is 3.54. The molecule has 2 rings (SSSR count). The molecule has 0 saturated heterocycles. The Morgan fingerprint density at radius 3 is 2.59 bits per heavy atom. The molecule has 0 aliphatic heterocycles. The highest BCUT2D eigenvalue weighted by atomic mass is 35.5. The van der Waals surface area contributed by atoms with Crippen molar-refractivity contribution in [2.45, 2.75) is 9.79 Å². The van der Waals surface area contributed by atoms with Crippen molar-refractivity contribution in [2.75, 3.05) is 5.73 Å². The maximum absolute atomic E-state index is 13.5. The predicted octanol–water partition coefficient (Wildman–Crippen LogP) is 4.35. The zero-order chi connectivity index (χ0) is 12.4. The lowest BCUT2D eigenvalue weighted by Crippen LogP contribution is -1.95. The highest BCUT2D eigenvalue weighted by molar-refractivity contribution is 7.99. The molecule has 0 unspecified atom stereocenters. The third kappa shape index (κ3) is 2.70. The van der Waals surface area contributed by atoms with Crippen molar-refractivity contribution in [2.24, 2.45) is 0 Å². The van der Waals surface area contributed by atoms with E-state index in [1.807, 2.05) is 0 Å². The molecule has 0 aliphatic carbocycles. The minimum absolute atomic E-state index is 0.0762. The van der Waals surface area contributed by atoms with Crippen LogP contribution in [0.5, 0.6) is 0 Å². The number of nitrogens with two attached hydrogens (primary N) is 1. The molecule has 2 N–H and O–H groups in total. The number of nitrogen functional groups attached to an aromatic ring is 1. The van der Waals surface area contributed by atoms with Crippen LogP contribution in [0.2, 0.25) is 5.02 Å². The number of anilines is 1. The monoisotopic (exact) mass is 271 g/mol. The van der Waals surface area contributed by atoms with Crippen LogP contribution in [0.15, 0.2) is 46.2 Å². The molecule has 0 spiro atoms. The summed E-state index contributed by atoms with van der Waals surface area (Å²) in [4.78, 5) is 0.779. The van der Waals surface area contributed by atoms with Crippen molar-refractivity contribution in [3.8, 4) is 0 Å². The summed E-state index contributed by atoms with van der Waals surface area (Å²) in [5.74, 6) is -1.85. The molecule has 88 valence electrons. The second kappa shape index (κ2) is 4.94. The van der Waals surface area contributed by atoms with Crippen LogP contribution in [-0.4, -0.2) is 0 Å². The highest BCUT2D eigenvalue weighted by Gasteiger charge is 2.13. The fourth-order valence-corrected chi connectivity index (χ4v) is 2.50. The molecule has 0 heterocycles. The van der Waals surface area contributed by atoms with E-state index in [2.05, 4.69) is 0 Å². The Morgan fingerprint density at radius 2 is 1.88 bits per heavy atom. The Hall–Kier alpha value is -1.26. The molecule has 0 aromatic heterocycles. The molecule has 2 aromatic rings. The maximum Gasteiger partial charge on any atom is 0.174 e. The van der Waals surface area contributed by atoms with Crippen molar-refractivity contribution in [3.05, 3.63) is 53.1 Å². The predicted molar refractivity (Wildman–Crippen MR) is 66.3 cm³/mol. The summed E-state index contributed by atoms with van der Waals surface area (Å²) in [5.41, 5.74) is 5.82. The number of hydrogen-bond donors (Lipinski definition) is 1. The quantitative estimate of drug-likeness (QED) is 0.822. The van der Waals surface area contributed by atoms with Crippen LogP contribution in [0, 0.1) is 11.6 Å². The molecular formula is C12H8ClF2NS. The molecule has 17 heavy (non-hydrogen) atoms. The van der Waals surface area contributed by atoms with Gasteiger partial charge in [0.2, 0.25) is 0 Å². The van der Waals surface area contributed by atoms with Crippen LogP contribution in [0.3, 0.4) is 0 Å². The molecular weight excluding hydrogens is 264 g/mol. The van der Waals surface area contributed by atoms with Gasteiger partial charge in [-0.15, -0.1) is 0 Å². The Labute approximate surface area is 107 Å². The van der Waals surface area contributed by atoms with Gasteiger partial charge < -0.3 is 5.73 Å². The second-order valence-electron chi connectivity index (χ2n) is 3.34. The number of rotatable bonds is 2. The lowest BCUT2D eigenvalue weighted by Gasteiger charge is -2.07. The van der Waals surface area contributed by atoms with E-state index in [1.165, 1.54) is 6.07 Å². The van der Waals surface area contributed by atoms with Crippen LogP contribution in [-0.2, 0) is 0 Å². The van der Waals surface area contributed by atoms with E-state index in [0.29, 0.717) is 9.92 Å². The summed E-state index contributed by atoms with van der Waals surface area (Å²) in [7, 11) is 0. The standard InChI is InChI=1S/C12H8ClF2NS/c13-7-2-1-3-8(6-7)17-12-10(16)5-4-9(14)11(12)15/h1-6H,16H2. The smallest absolute Gasteiger partial charge is 0.174 e. The molecule has 2 aromatic carbocycles. The van der Waals surface area contributed by atoms with E-state index in [9.17, 15) is 8.78 Å². The minimum Gasteiger partial charge on any atom is -0.398 e. The molecule has 0 aliphatic rings. The number of hydrogen-bond acceptors (Lipinski definition) is 2. The molecule has 0 fully saturated rings. The average Bonchev–Trinajstić information content (AvgIpc) is 2.30. The zero-order valence-electron chi connectivity index (χ0n) is 8.58. The molecule has 5 heteroatoms. The van der Waals surface area contributed by atoms with E-state index < -0.39 is 11.6 Å². The van der Waals surface area contributed by atoms with Gasteiger partial charge >= 0.3 is 0 Å². The van der Waals surface area contributed by atoms with Gasteiger partial charge in [0.1, 0.15) is 0 Å². The molecule has 0 bridgehead atoms. The van der Waals surface area contributed by atoms with Crippen LogP contribution in [0.1, 0.15) is 0 Å².